The Morgan fingerprint density at radius 2 is 1.74 bits per heavy atom. The second kappa shape index (κ2) is 8.89. The predicted octanol–water partition coefficient (Wildman–Crippen LogP) is 2.23. The first-order valence-electron chi connectivity index (χ1n) is 7.75. The van der Waals surface area contributed by atoms with E-state index in [1.54, 1.807) is 24.3 Å². The van der Waals surface area contributed by atoms with E-state index in [9.17, 15) is 14.7 Å². The fourth-order valence-corrected chi connectivity index (χ4v) is 2.17. The number of benzene rings is 1. The van der Waals surface area contributed by atoms with Crippen LogP contribution in [0.25, 0.3) is 0 Å². The molecule has 2 amide bonds. The van der Waals surface area contributed by atoms with Crippen LogP contribution in [0.3, 0.4) is 0 Å². The molecule has 1 rings (SSSR count). The molecule has 1 aromatic rings. The lowest BCUT2D eigenvalue weighted by Gasteiger charge is -2.23. The molecule has 0 aliphatic rings. The summed E-state index contributed by atoms with van der Waals surface area (Å²) in [5.41, 5.74) is 0.329. The molecule has 1 aromatic carbocycles. The van der Waals surface area contributed by atoms with E-state index in [2.05, 4.69) is 10.6 Å². The number of carbonyl (C=O) groups is 2. The van der Waals surface area contributed by atoms with Crippen molar-refractivity contribution in [2.75, 3.05) is 6.54 Å². The quantitative estimate of drug-likeness (QED) is 0.712. The average molecular weight is 341 g/mol. The summed E-state index contributed by atoms with van der Waals surface area (Å²) in [7, 11) is 0. The number of carbonyl (C=O) groups excluding carboxylic acids is 2. The highest BCUT2D eigenvalue weighted by Gasteiger charge is 2.25. The monoisotopic (exact) mass is 340 g/mol. The van der Waals surface area contributed by atoms with Crippen LogP contribution in [0.4, 0.5) is 0 Å². The van der Waals surface area contributed by atoms with Gasteiger partial charge in [-0.05, 0) is 24.0 Å². The molecule has 0 heterocycles. The number of rotatable bonds is 7. The van der Waals surface area contributed by atoms with E-state index >= 15 is 0 Å². The van der Waals surface area contributed by atoms with Crippen LogP contribution in [0.15, 0.2) is 24.3 Å². The lowest BCUT2D eigenvalue weighted by Crippen LogP contribution is -2.51. The van der Waals surface area contributed by atoms with Gasteiger partial charge >= 0.3 is 0 Å². The first-order chi connectivity index (χ1) is 10.7. The van der Waals surface area contributed by atoms with E-state index in [1.807, 2.05) is 27.7 Å². The van der Waals surface area contributed by atoms with Crippen LogP contribution in [0.2, 0.25) is 5.02 Å². The molecule has 3 N–H and O–H groups in total. The molecule has 2 unspecified atom stereocenters. The van der Waals surface area contributed by atoms with Gasteiger partial charge < -0.3 is 15.7 Å². The predicted molar refractivity (Wildman–Crippen MR) is 91.4 cm³/mol. The standard InChI is InChI=1S/C17H25ClN2O3/c1-10(2)14(21)9-19-17(23)15(11(3)4)20-16(22)12-7-5-6-8-13(12)18/h5-8,10-11,14-15,21H,9H2,1-4H3,(H,19,23)(H,20,22). The second-order valence-corrected chi connectivity index (χ2v) is 6.64. The van der Waals surface area contributed by atoms with Crippen LogP contribution >= 0.6 is 11.6 Å². The zero-order valence-corrected chi connectivity index (χ0v) is 14.7. The minimum absolute atomic E-state index is 0.0468. The highest BCUT2D eigenvalue weighted by atomic mass is 35.5. The summed E-state index contributed by atoms with van der Waals surface area (Å²) in [6.45, 7) is 7.58. The summed E-state index contributed by atoms with van der Waals surface area (Å²) in [6.07, 6.45) is -0.619. The Kier molecular flexibility index (Phi) is 7.52. The number of aliphatic hydroxyl groups excluding tert-OH is 1. The minimum atomic E-state index is -0.696. The van der Waals surface area contributed by atoms with Crippen LogP contribution in [0, 0.1) is 11.8 Å². The fraction of sp³-hybridized carbons (Fsp3) is 0.529. The molecule has 23 heavy (non-hydrogen) atoms. The number of hydrogen-bond donors (Lipinski definition) is 3. The molecule has 2 atom stereocenters. The van der Waals surface area contributed by atoms with E-state index in [0.29, 0.717) is 10.6 Å². The van der Waals surface area contributed by atoms with Crippen molar-refractivity contribution in [2.45, 2.75) is 39.8 Å². The van der Waals surface area contributed by atoms with Crippen molar-refractivity contribution in [1.82, 2.24) is 10.6 Å². The molecular weight excluding hydrogens is 316 g/mol. The van der Waals surface area contributed by atoms with Crippen LogP contribution in [0.1, 0.15) is 38.1 Å². The summed E-state index contributed by atoms with van der Waals surface area (Å²) in [5, 5.41) is 15.5. The Morgan fingerprint density at radius 3 is 2.26 bits per heavy atom. The van der Waals surface area contributed by atoms with Crippen molar-refractivity contribution in [1.29, 1.82) is 0 Å². The van der Waals surface area contributed by atoms with Crippen molar-refractivity contribution < 1.29 is 14.7 Å². The van der Waals surface area contributed by atoms with Crippen molar-refractivity contribution in [3.8, 4) is 0 Å². The van der Waals surface area contributed by atoms with Crippen LogP contribution < -0.4 is 10.6 Å². The molecule has 0 aliphatic carbocycles. The largest absolute Gasteiger partial charge is 0.391 e. The van der Waals surface area contributed by atoms with E-state index in [0.717, 1.165) is 0 Å². The maximum absolute atomic E-state index is 12.3. The Bertz CT molecular complexity index is 546. The number of hydrogen-bond acceptors (Lipinski definition) is 3. The molecule has 0 saturated heterocycles. The Labute approximate surface area is 142 Å². The Balaban J connectivity index is 2.73. The van der Waals surface area contributed by atoms with Gasteiger partial charge in [0.15, 0.2) is 0 Å². The molecule has 0 aromatic heterocycles. The van der Waals surface area contributed by atoms with Gasteiger partial charge in [-0.2, -0.15) is 0 Å². The molecule has 0 bridgehead atoms. The summed E-state index contributed by atoms with van der Waals surface area (Å²) >= 11 is 6.00. The third-order valence-electron chi connectivity index (χ3n) is 3.61. The topological polar surface area (TPSA) is 78.4 Å². The molecule has 0 spiro atoms. The lowest BCUT2D eigenvalue weighted by molar-refractivity contribution is -0.124. The van der Waals surface area contributed by atoms with Crippen LogP contribution in [-0.2, 0) is 4.79 Å². The molecule has 0 saturated carbocycles. The van der Waals surface area contributed by atoms with Crippen molar-refractivity contribution in [2.24, 2.45) is 11.8 Å². The van der Waals surface area contributed by atoms with Gasteiger partial charge in [0.1, 0.15) is 6.04 Å². The molecule has 6 heteroatoms. The molecule has 128 valence electrons. The maximum atomic E-state index is 12.3. The van der Waals surface area contributed by atoms with Crippen LogP contribution in [-0.4, -0.2) is 35.6 Å². The van der Waals surface area contributed by atoms with Gasteiger partial charge in [-0.15, -0.1) is 0 Å². The van der Waals surface area contributed by atoms with E-state index in [-0.39, 0.29) is 24.3 Å². The third-order valence-corrected chi connectivity index (χ3v) is 3.94. The third kappa shape index (κ3) is 5.84. The number of amides is 2. The number of nitrogens with one attached hydrogen (secondary N) is 2. The number of aliphatic hydroxyl groups is 1. The first kappa shape index (κ1) is 19.5. The van der Waals surface area contributed by atoms with Gasteiger partial charge in [-0.25, -0.2) is 0 Å². The highest BCUT2D eigenvalue weighted by Crippen LogP contribution is 2.15. The van der Waals surface area contributed by atoms with Crippen molar-refractivity contribution in [3.05, 3.63) is 34.9 Å². The molecule has 5 nitrogen and oxygen atoms in total. The smallest absolute Gasteiger partial charge is 0.253 e. The molecular formula is C17H25ClN2O3. The Hall–Kier alpha value is -1.59. The van der Waals surface area contributed by atoms with E-state index in [4.69, 9.17) is 11.6 Å². The molecule has 0 aliphatic heterocycles. The average Bonchev–Trinajstić information content (AvgIpc) is 2.49. The second-order valence-electron chi connectivity index (χ2n) is 6.23. The summed E-state index contributed by atoms with van der Waals surface area (Å²) < 4.78 is 0. The summed E-state index contributed by atoms with van der Waals surface area (Å²) in [5.74, 6) is -0.767. The Morgan fingerprint density at radius 1 is 1.13 bits per heavy atom. The van der Waals surface area contributed by atoms with E-state index < -0.39 is 18.1 Å². The minimum Gasteiger partial charge on any atom is -0.391 e. The van der Waals surface area contributed by atoms with Gasteiger partial charge in [-0.1, -0.05) is 51.4 Å². The van der Waals surface area contributed by atoms with Crippen LogP contribution in [0.5, 0.6) is 0 Å². The van der Waals surface area contributed by atoms with Gasteiger partial charge in [-0.3, -0.25) is 9.59 Å². The van der Waals surface area contributed by atoms with Gasteiger partial charge in [0.2, 0.25) is 5.91 Å². The van der Waals surface area contributed by atoms with Crippen molar-refractivity contribution in [3.63, 3.8) is 0 Å². The van der Waals surface area contributed by atoms with Gasteiger partial charge in [0.05, 0.1) is 16.7 Å². The van der Waals surface area contributed by atoms with Crippen molar-refractivity contribution >= 4 is 23.4 Å². The highest BCUT2D eigenvalue weighted by molar-refractivity contribution is 6.33. The fourth-order valence-electron chi connectivity index (χ4n) is 1.95. The van der Waals surface area contributed by atoms with E-state index in [1.165, 1.54) is 0 Å². The zero-order chi connectivity index (χ0) is 17.6. The van der Waals surface area contributed by atoms with Gasteiger partial charge in [0, 0.05) is 6.54 Å². The SMILES string of the molecule is CC(C)C(O)CNC(=O)C(NC(=O)c1ccccc1Cl)C(C)C. The summed E-state index contributed by atoms with van der Waals surface area (Å²) in [6, 6.07) is 5.98. The summed E-state index contributed by atoms with van der Waals surface area (Å²) in [4.78, 5) is 24.6. The molecule has 0 radical (unpaired) electrons. The molecule has 0 fully saturated rings. The van der Waals surface area contributed by atoms with Gasteiger partial charge in [0.25, 0.3) is 5.91 Å². The zero-order valence-electron chi connectivity index (χ0n) is 14.0. The number of halogens is 1. The first-order valence-corrected chi connectivity index (χ1v) is 8.13. The normalized spacial score (nSPS) is 13.7. The maximum Gasteiger partial charge on any atom is 0.253 e. The lowest BCUT2D eigenvalue weighted by atomic mass is 10.0.